The van der Waals surface area contributed by atoms with Gasteiger partial charge in [-0.3, -0.25) is 4.79 Å². The van der Waals surface area contributed by atoms with E-state index in [-0.39, 0.29) is 30.5 Å². The van der Waals surface area contributed by atoms with Crippen molar-refractivity contribution in [2.75, 3.05) is 20.7 Å². The summed E-state index contributed by atoms with van der Waals surface area (Å²) in [5.41, 5.74) is 8.27. The summed E-state index contributed by atoms with van der Waals surface area (Å²) in [4.78, 5) is 14.0. The number of carbonyl (C=O) groups is 1. The van der Waals surface area contributed by atoms with E-state index in [0.717, 1.165) is 12.8 Å². The Hall–Kier alpha value is -1.10. The molecule has 0 heterocycles. The number of hydrogen-bond acceptors (Lipinski definition) is 3. The number of hydrogen-bond donors (Lipinski definition) is 1. The number of nitrogens with zero attached hydrogens (tertiary/aromatic N) is 1. The third-order valence-corrected chi connectivity index (χ3v) is 3.97. The first-order valence-electron chi connectivity index (χ1n) is 6.71. The Kier molecular flexibility index (Phi) is 6.46. The molecule has 112 valence electrons. The lowest BCUT2D eigenvalue weighted by Gasteiger charge is -2.26. The molecule has 0 radical (unpaired) electrons. The summed E-state index contributed by atoms with van der Waals surface area (Å²) in [6, 6.07) is 8.66. The Morgan fingerprint density at radius 3 is 2.40 bits per heavy atom. The minimum Gasteiger partial charge on any atom is -0.380 e. The van der Waals surface area contributed by atoms with E-state index in [0.29, 0.717) is 13.0 Å². The average Bonchev–Trinajstić information content (AvgIpc) is 2.87. The molecule has 2 rings (SSSR count). The topological polar surface area (TPSA) is 55.6 Å². The quantitative estimate of drug-likeness (QED) is 0.894. The largest absolute Gasteiger partial charge is 0.380 e. The highest BCUT2D eigenvalue weighted by atomic mass is 35.5. The van der Waals surface area contributed by atoms with Crippen LogP contribution in [0.1, 0.15) is 17.5 Å². The second-order valence-electron chi connectivity index (χ2n) is 5.13. The second-order valence-corrected chi connectivity index (χ2v) is 5.13. The lowest BCUT2D eigenvalue weighted by Crippen LogP contribution is -2.40. The van der Waals surface area contributed by atoms with Crippen LogP contribution < -0.4 is 5.73 Å². The van der Waals surface area contributed by atoms with Gasteiger partial charge in [0.2, 0.25) is 5.91 Å². The molecule has 0 aliphatic heterocycles. The van der Waals surface area contributed by atoms with Crippen molar-refractivity contribution >= 4 is 18.3 Å². The highest BCUT2D eigenvalue weighted by molar-refractivity contribution is 5.85. The zero-order valence-corrected chi connectivity index (χ0v) is 12.9. The predicted molar refractivity (Wildman–Crippen MR) is 82.1 cm³/mol. The average molecular weight is 299 g/mol. The number of ether oxygens (including phenoxy) is 1. The van der Waals surface area contributed by atoms with E-state index >= 15 is 0 Å². The number of methoxy groups -OCH3 is 1. The van der Waals surface area contributed by atoms with Gasteiger partial charge in [-0.05, 0) is 24.0 Å². The third kappa shape index (κ3) is 3.72. The molecule has 1 aromatic rings. The van der Waals surface area contributed by atoms with Gasteiger partial charge in [-0.15, -0.1) is 12.4 Å². The monoisotopic (exact) mass is 298 g/mol. The van der Waals surface area contributed by atoms with E-state index in [1.165, 1.54) is 11.1 Å². The van der Waals surface area contributed by atoms with Crippen molar-refractivity contribution in [1.29, 1.82) is 0 Å². The Bertz CT molecular complexity index is 424. The Morgan fingerprint density at radius 2 is 1.95 bits per heavy atom. The molecule has 1 aliphatic rings. The molecule has 1 atom stereocenters. The van der Waals surface area contributed by atoms with Gasteiger partial charge in [-0.1, -0.05) is 24.3 Å². The van der Waals surface area contributed by atoms with Crippen LogP contribution in [-0.2, 0) is 22.4 Å². The van der Waals surface area contributed by atoms with Crippen LogP contribution in [0.2, 0.25) is 0 Å². The number of carbonyl (C=O) groups excluding carboxylic acids is 1. The maximum Gasteiger partial charge on any atom is 0.225 e. The van der Waals surface area contributed by atoms with Crippen molar-refractivity contribution in [3.05, 3.63) is 35.4 Å². The zero-order chi connectivity index (χ0) is 13.8. The number of amides is 1. The highest BCUT2D eigenvalue weighted by Crippen LogP contribution is 2.25. The van der Waals surface area contributed by atoms with Crippen molar-refractivity contribution < 1.29 is 9.53 Å². The van der Waals surface area contributed by atoms with E-state index in [1.807, 2.05) is 11.9 Å². The molecule has 0 spiro atoms. The fraction of sp³-hybridized carbons (Fsp3) is 0.533. The minimum absolute atomic E-state index is 0. The fourth-order valence-electron chi connectivity index (χ4n) is 2.61. The first-order valence-corrected chi connectivity index (χ1v) is 6.71. The van der Waals surface area contributed by atoms with Crippen LogP contribution in [0.3, 0.4) is 0 Å². The molecule has 0 fully saturated rings. The molecule has 1 aliphatic carbocycles. The summed E-state index contributed by atoms with van der Waals surface area (Å²) < 4.78 is 5.17. The van der Waals surface area contributed by atoms with Crippen LogP contribution in [0.4, 0.5) is 0 Å². The maximum atomic E-state index is 12.2. The number of likely N-dealkylation sites (N-methyl/N-ethyl adjacent to an activating group) is 1. The number of fused-ring (bicyclic) bond motifs is 1. The van der Waals surface area contributed by atoms with Gasteiger partial charge < -0.3 is 15.4 Å². The minimum atomic E-state index is -0.182. The maximum absolute atomic E-state index is 12.2. The van der Waals surface area contributed by atoms with Crippen molar-refractivity contribution in [3.8, 4) is 0 Å². The van der Waals surface area contributed by atoms with E-state index in [2.05, 4.69) is 24.3 Å². The van der Waals surface area contributed by atoms with Crippen LogP contribution in [0.5, 0.6) is 0 Å². The van der Waals surface area contributed by atoms with Gasteiger partial charge in [0.25, 0.3) is 0 Å². The summed E-state index contributed by atoms with van der Waals surface area (Å²) in [5.74, 6) is 0.107. The molecule has 5 heteroatoms. The van der Waals surface area contributed by atoms with Crippen molar-refractivity contribution in [3.63, 3.8) is 0 Å². The summed E-state index contributed by atoms with van der Waals surface area (Å²) in [6.45, 7) is 0.376. The van der Waals surface area contributed by atoms with Crippen LogP contribution in [0.25, 0.3) is 0 Å². The lowest BCUT2D eigenvalue weighted by molar-refractivity contribution is -0.134. The van der Waals surface area contributed by atoms with Crippen LogP contribution in [-0.4, -0.2) is 43.7 Å². The van der Waals surface area contributed by atoms with Gasteiger partial charge in [0.15, 0.2) is 0 Å². The smallest absolute Gasteiger partial charge is 0.225 e. The first kappa shape index (κ1) is 17.0. The Morgan fingerprint density at radius 1 is 1.40 bits per heavy atom. The lowest BCUT2D eigenvalue weighted by atomic mass is 10.1. The second kappa shape index (κ2) is 7.62. The van der Waals surface area contributed by atoms with Gasteiger partial charge in [0, 0.05) is 26.7 Å². The molecule has 1 aromatic carbocycles. The number of nitrogens with two attached hydrogens (primary N) is 1. The van der Waals surface area contributed by atoms with Gasteiger partial charge in [-0.25, -0.2) is 0 Å². The molecule has 0 bridgehead atoms. The molecule has 1 unspecified atom stereocenters. The Labute approximate surface area is 126 Å². The van der Waals surface area contributed by atoms with E-state index in [4.69, 9.17) is 10.5 Å². The van der Waals surface area contributed by atoms with E-state index < -0.39 is 0 Å². The number of halogens is 1. The molecular formula is C15H23ClN2O2. The van der Waals surface area contributed by atoms with Gasteiger partial charge in [0.05, 0.1) is 12.5 Å². The predicted octanol–water partition coefficient (Wildman–Crippen LogP) is 1.40. The molecule has 0 saturated heterocycles. The third-order valence-electron chi connectivity index (χ3n) is 3.97. The summed E-state index contributed by atoms with van der Waals surface area (Å²) >= 11 is 0. The number of benzene rings is 1. The molecule has 0 saturated carbocycles. The SMILES string of the molecule is COC(CN)CC(=O)N(C)C1Cc2ccccc2C1.Cl. The van der Waals surface area contributed by atoms with Gasteiger partial charge in [-0.2, -0.15) is 0 Å². The standard InChI is InChI=1S/C15H22N2O2.ClH/c1-17(15(18)9-14(10-16)19-2)13-7-11-5-3-4-6-12(11)8-13;/h3-6,13-14H,7-10,16H2,1-2H3;1H. The van der Waals surface area contributed by atoms with Crippen LogP contribution >= 0.6 is 12.4 Å². The molecule has 1 amide bonds. The van der Waals surface area contributed by atoms with Gasteiger partial charge in [0.1, 0.15) is 0 Å². The summed E-state index contributed by atoms with van der Waals surface area (Å²) in [7, 11) is 3.47. The van der Waals surface area contributed by atoms with E-state index in [1.54, 1.807) is 7.11 Å². The highest BCUT2D eigenvalue weighted by Gasteiger charge is 2.28. The summed E-state index contributed by atoms with van der Waals surface area (Å²) in [5, 5.41) is 0. The zero-order valence-electron chi connectivity index (χ0n) is 12.0. The Balaban J connectivity index is 0.00000200. The van der Waals surface area contributed by atoms with Crippen LogP contribution in [0.15, 0.2) is 24.3 Å². The van der Waals surface area contributed by atoms with Crippen molar-refractivity contribution in [1.82, 2.24) is 4.90 Å². The van der Waals surface area contributed by atoms with Crippen molar-refractivity contribution in [2.24, 2.45) is 5.73 Å². The van der Waals surface area contributed by atoms with Crippen molar-refractivity contribution in [2.45, 2.75) is 31.4 Å². The molecule has 4 nitrogen and oxygen atoms in total. The first-order chi connectivity index (χ1) is 9.15. The molecule has 20 heavy (non-hydrogen) atoms. The van der Waals surface area contributed by atoms with Gasteiger partial charge >= 0.3 is 0 Å². The molecular weight excluding hydrogens is 276 g/mol. The molecule has 2 N–H and O–H groups in total. The normalized spacial score (nSPS) is 15.3. The van der Waals surface area contributed by atoms with Crippen LogP contribution in [0, 0.1) is 0 Å². The molecule has 0 aromatic heterocycles. The summed E-state index contributed by atoms with van der Waals surface area (Å²) in [6.07, 6.45) is 2.06. The fourth-order valence-corrected chi connectivity index (χ4v) is 2.61. The number of rotatable bonds is 5. The van der Waals surface area contributed by atoms with E-state index in [9.17, 15) is 4.79 Å².